The lowest BCUT2D eigenvalue weighted by molar-refractivity contribution is 0.100. The second kappa shape index (κ2) is 6.28. The van der Waals surface area contributed by atoms with Crippen LogP contribution in [0.15, 0.2) is 41.3 Å². The lowest BCUT2D eigenvalue weighted by Gasteiger charge is -2.09. The molecule has 1 unspecified atom stereocenters. The molecule has 0 fully saturated rings. The first-order chi connectivity index (χ1) is 9.88. The fourth-order valence-electron chi connectivity index (χ4n) is 1.96. The number of aryl methyl sites for hydroxylation is 1. The molecule has 0 bridgehead atoms. The third kappa shape index (κ3) is 3.62. The van der Waals surface area contributed by atoms with E-state index in [9.17, 15) is 9.00 Å². The van der Waals surface area contributed by atoms with E-state index in [1.165, 1.54) is 6.07 Å². The van der Waals surface area contributed by atoms with E-state index in [1.807, 2.05) is 6.92 Å². The molecule has 0 aromatic heterocycles. The first-order valence-corrected chi connectivity index (χ1v) is 7.91. The van der Waals surface area contributed by atoms with E-state index in [0.29, 0.717) is 21.8 Å². The van der Waals surface area contributed by atoms with Gasteiger partial charge in [0.2, 0.25) is 5.91 Å². The molecule has 4 nitrogen and oxygen atoms in total. The Morgan fingerprint density at radius 1 is 1.24 bits per heavy atom. The molecule has 6 heteroatoms. The summed E-state index contributed by atoms with van der Waals surface area (Å²) in [5.41, 5.74) is 13.4. The number of primary amides is 1. The topological polar surface area (TPSA) is 86.2 Å². The van der Waals surface area contributed by atoms with Crippen LogP contribution in [0.3, 0.4) is 0 Å². The zero-order valence-electron chi connectivity index (χ0n) is 11.4. The molecule has 1 amide bonds. The zero-order valence-corrected chi connectivity index (χ0v) is 13.0. The van der Waals surface area contributed by atoms with Crippen LogP contribution in [-0.4, -0.2) is 10.1 Å². The van der Waals surface area contributed by atoms with Crippen molar-refractivity contribution in [1.29, 1.82) is 0 Å². The monoisotopic (exact) mass is 322 g/mol. The largest absolute Gasteiger partial charge is 0.399 e. The van der Waals surface area contributed by atoms with Gasteiger partial charge in [-0.2, -0.15) is 0 Å². The average molecular weight is 323 g/mol. The first kappa shape index (κ1) is 15.5. The molecule has 110 valence electrons. The van der Waals surface area contributed by atoms with Crippen molar-refractivity contribution in [3.05, 3.63) is 58.1 Å². The summed E-state index contributed by atoms with van der Waals surface area (Å²) in [6.45, 7) is 1.86. The standard InChI is InChI=1S/C15H15ClN2O2S/c1-9-6-12(17)4-5-14(9)21(20)8-11-3-2-10(15(18)19)7-13(11)16/h2-7H,8,17H2,1H3,(H2,18,19). The number of hydrogen-bond donors (Lipinski definition) is 2. The predicted octanol–water partition coefficient (Wildman–Crippen LogP) is 2.64. The van der Waals surface area contributed by atoms with Gasteiger partial charge in [0.05, 0.1) is 16.6 Å². The second-order valence-corrected chi connectivity index (χ2v) is 6.51. The van der Waals surface area contributed by atoms with Gasteiger partial charge in [-0.1, -0.05) is 17.7 Å². The van der Waals surface area contributed by atoms with Gasteiger partial charge in [-0.05, 0) is 48.4 Å². The summed E-state index contributed by atoms with van der Waals surface area (Å²) < 4.78 is 12.4. The van der Waals surface area contributed by atoms with Crippen molar-refractivity contribution >= 4 is 34.0 Å². The Balaban J connectivity index is 2.25. The molecule has 0 aliphatic heterocycles. The molecule has 1 atom stereocenters. The number of amides is 1. The minimum atomic E-state index is -1.24. The smallest absolute Gasteiger partial charge is 0.248 e. The predicted molar refractivity (Wildman–Crippen MR) is 85.7 cm³/mol. The molecule has 4 N–H and O–H groups in total. The third-order valence-electron chi connectivity index (χ3n) is 3.07. The number of rotatable bonds is 4. The van der Waals surface area contributed by atoms with E-state index in [2.05, 4.69) is 0 Å². The van der Waals surface area contributed by atoms with Crippen molar-refractivity contribution in [2.45, 2.75) is 17.6 Å². The summed E-state index contributed by atoms with van der Waals surface area (Å²) in [6.07, 6.45) is 0. The quantitative estimate of drug-likeness (QED) is 0.848. The molecule has 2 aromatic rings. The summed E-state index contributed by atoms with van der Waals surface area (Å²) in [4.78, 5) is 11.8. The van der Waals surface area contributed by atoms with Crippen molar-refractivity contribution in [1.82, 2.24) is 0 Å². The number of carbonyl (C=O) groups is 1. The fraction of sp³-hybridized carbons (Fsp3) is 0.133. The zero-order chi connectivity index (χ0) is 15.6. The van der Waals surface area contributed by atoms with Crippen LogP contribution >= 0.6 is 11.6 Å². The molecule has 0 saturated heterocycles. The number of nitrogen functional groups attached to an aromatic ring is 1. The summed E-state index contributed by atoms with van der Waals surface area (Å²) >= 11 is 6.11. The Labute approximate surface area is 130 Å². The van der Waals surface area contributed by atoms with Crippen LogP contribution in [0.2, 0.25) is 5.02 Å². The molecule has 0 saturated carbocycles. The number of hydrogen-bond acceptors (Lipinski definition) is 3. The van der Waals surface area contributed by atoms with Gasteiger partial charge in [0.1, 0.15) is 0 Å². The van der Waals surface area contributed by atoms with Gasteiger partial charge in [-0.15, -0.1) is 0 Å². The molecule has 0 spiro atoms. The van der Waals surface area contributed by atoms with E-state index in [1.54, 1.807) is 30.3 Å². The van der Waals surface area contributed by atoms with Crippen molar-refractivity contribution in [3.63, 3.8) is 0 Å². The van der Waals surface area contributed by atoms with Crippen LogP contribution in [0.25, 0.3) is 0 Å². The Morgan fingerprint density at radius 3 is 2.52 bits per heavy atom. The molecule has 21 heavy (non-hydrogen) atoms. The Kier molecular flexibility index (Phi) is 4.65. The highest BCUT2D eigenvalue weighted by Gasteiger charge is 2.12. The Morgan fingerprint density at radius 2 is 1.95 bits per heavy atom. The van der Waals surface area contributed by atoms with Gasteiger partial charge < -0.3 is 11.5 Å². The maximum absolute atomic E-state index is 12.4. The molecular formula is C15H15ClN2O2S. The van der Waals surface area contributed by atoms with Crippen LogP contribution in [0.5, 0.6) is 0 Å². The Bertz CT molecular complexity index is 732. The van der Waals surface area contributed by atoms with E-state index < -0.39 is 16.7 Å². The van der Waals surface area contributed by atoms with Gasteiger partial charge in [0, 0.05) is 21.2 Å². The maximum atomic E-state index is 12.4. The first-order valence-electron chi connectivity index (χ1n) is 6.21. The lowest BCUT2D eigenvalue weighted by Crippen LogP contribution is -2.11. The minimum absolute atomic E-state index is 0.267. The molecule has 0 aliphatic carbocycles. The van der Waals surface area contributed by atoms with Gasteiger partial charge in [-0.3, -0.25) is 9.00 Å². The lowest BCUT2D eigenvalue weighted by atomic mass is 10.1. The van der Waals surface area contributed by atoms with Crippen molar-refractivity contribution in [2.75, 3.05) is 5.73 Å². The van der Waals surface area contributed by atoms with Crippen molar-refractivity contribution in [3.8, 4) is 0 Å². The van der Waals surface area contributed by atoms with E-state index in [-0.39, 0.29) is 5.75 Å². The van der Waals surface area contributed by atoms with Crippen molar-refractivity contribution < 1.29 is 9.00 Å². The van der Waals surface area contributed by atoms with E-state index >= 15 is 0 Å². The summed E-state index contributed by atoms with van der Waals surface area (Å²) in [5, 5.41) is 0.382. The average Bonchev–Trinajstić information content (AvgIpc) is 2.40. The number of nitrogens with two attached hydrogens (primary N) is 2. The second-order valence-electron chi connectivity index (χ2n) is 4.69. The highest BCUT2D eigenvalue weighted by molar-refractivity contribution is 7.84. The minimum Gasteiger partial charge on any atom is -0.399 e. The molecular weight excluding hydrogens is 308 g/mol. The van der Waals surface area contributed by atoms with Gasteiger partial charge >= 0.3 is 0 Å². The molecule has 2 aromatic carbocycles. The SMILES string of the molecule is Cc1cc(N)ccc1S(=O)Cc1ccc(C(N)=O)cc1Cl. The highest BCUT2D eigenvalue weighted by Crippen LogP contribution is 2.23. The molecule has 0 heterocycles. The summed E-state index contributed by atoms with van der Waals surface area (Å²) in [6, 6.07) is 10.0. The van der Waals surface area contributed by atoms with Gasteiger partial charge in [0.15, 0.2) is 0 Å². The third-order valence-corrected chi connectivity index (χ3v) is 4.94. The molecule has 0 radical (unpaired) electrons. The van der Waals surface area contributed by atoms with Crippen LogP contribution in [0, 0.1) is 6.92 Å². The number of carbonyl (C=O) groups excluding carboxylic acids is 1. The number of anilines is 1. The van der Waals surface area contributed by atoms with Crippen LogP contribution in [-0.2, 0) is 16.6 Å². The number of halogens is 1. The summed E-state index contributed by atoms with van der Waals surface area (Å²) in [7, 11) is -1.24. The van der Waals surface area contributed by atoms with Gasteiger partial charge in [0.25, 0.3) is 0 Å². The molecule has 0 aliphatic rings. The van der Waals surface area contributed by atoms with Crippen LogP contribution < -0.4 is 11.5 Å². The van der Waals surface area contributed by atoms with Gasteiger partial charge in [-0.25, -0.2) is 0 Å². The van der Waals surface area contributed by atoms with Crippen LogP contribution in [0.1, 0.15) is 21.5 Å². The normalized spacial score (nSPS) is 12.1. The van der Waals surface area contributed by atoms with E-state index in [4.69, 9.17) is 23.1 Å². The van der Waals surface area contributed by atoms with E-state index in [0.717, 1.165) is 10.5 Å². The summed E-state index contributed by atoms with van der Waals surface area (Å²) in [5.74, 6) is -0.276. The van der Waals surface area contributed by atoms with Crippen LogP contribution in [0.4, 0.5) is 5.69 Å². The molecule has 2 rings (SSSR count). The highest BCUT2D eigenvalue weighted by atomic mass is 35.5. The Hall–Kier alpha value is -1.85. The van der Waals surface area contributed by atoms with Crippen molar-refractivity contribution in [2.24, 2.45) is 5.73 Å². The maximum Gasteiger partial charge on any atom is 0.248 e. The fourth-order valence-corrected chi connectivity index (χ4v) is 3.62. The number of benzene rings is 2.